The van der Waals surface area contributed by atoms with E-state index in [4.69, 9.17) is 4.74 Å². The maximum atomic E-state index is 13.5. The molecule has 0 spiro atoms. The third kappa shape index (κ3) is 3.88. The zero-order valence-corrected chi connectivity index (χ0v) is 12.0. The van der Waals surface area contributed by atoms with Gasteiger partial charge in [-0.05, 0) is 31.2 Å². The fourth-order valence-electron chi connectivity index (χ4n) is 1.78. The zero-order chi connectivity index (χ0) is 17.0. The minimum atomic E-state index is -1.67. The molecule has 0 fully saturated rings. The van der Waals surface area contributed by atoms with Crippen LogP contribution in [0.1, 0.15) is 17.3 Å². The van der Waals surface area contributed by atoms with E-state index in [-0.39, 0.29) is 5.75 Å². The van der Waals surface area contributed by atoms with Gasteiger partial charge < -0.3 is 10.1 Å². The number of hydrogen-bond acceptors (Lipinski definition) is 3. The van der Waals surface area contributed by atoms with Crippen molar-refractivity contribution in [3.8, 4) is 5.75 Å². The molecule has 120 valence electrons. The fourth-order valence-corrected chi connectivity index (χ4v) is 1.78. The van der Waals surface area contributed by atoms with E-state index in [1.165, 1.54) is 19.1 Å². The van der Waals surface area contributed by atoms with Gasteiger partial charge >= 0.3 is 0 Å². The van der Waals surface area contributed by atoms with Gasteiger partial charge in [0.25, 0.3) is 5.91 Å². The van der Waals surface area contributed by atoms with Crippen LogP contribution in [-0.2, 0) is 4.79 Å². The van der Waals surface area contributed by atoms with E-state index >= 15 is 0 Å². The van der Waals surface area contributed by atoms with E-state index < -0.39 is 35.2 Å². The molecule has 7 heteroatoms. The lowest BCUT2D eigenvalue weighted by Crippen LogP contribution is -2.30. The summed E-state index contributed by atoms with van der Waals surface area (Å²) < 4.78 is 44.8. The molecule has 0 bridgehead atoms. The Hall–Kier alpha value is -2.83. The van der Waals surface area contributed by atoms with Gasteiger partial charge in [0.2, 0.25) is 0 Å². The first-order valence-electron chi connectivity index (χ1n) is 6.58. The molecule has 0 aliphatic rings. The predicted octanol–water partition coefficient (Wildman–Crippen LogP) is 3.32. The smallest absolute Gasteiger partial charge is 0.265 e. The number of aldehydes is 1. The summed E-state index contributed by atoms with van der Waals surface area (Å²) in [7, 11) is 0. The molecule has 0 aromatic heterocycles. The third-order valence-corrected chi connectivity index (χ3v) is 2.97. The number of halogens is 3. The van der Waals surface area contributed by atoms with Gasteiger partial charge in [0, 0.05) is 5.56 Å². The van der Waals surface area contributed by atoms with Gasteiger partial charge in [-0.2, -0.15) is 0 Å². The van der Waals surface area contributed by atoms with Crippen LogP contribution in [0, 0.1) is 17.5 Å². The Labute approximate surface area is 129 Å². The van der Waals surface area contributed by atoms with Gasteiger partial charge in [0.1, 0.15) is 12.0 Å². The summed E-state index contributed by atoms with van der Waals surface area (Å²) in [6.45, 7) is 1.39. The van der Waals surface area contributed by atoms with Crippen LogP contribution in [0.3, 0.4) is 0 Å². The maximum absolute atomic E-state index is 13.5. The molecule has 2 aromatic carbocycles. The second-order valence-electron chi connectivity index (χ2n) is 4.66. The van der Waals surface area contributed by atoms with Gasteiger partial charge in [0.05, 0.1) is 5.69 Å². The van der Waals surface area contributed by atoms with Crippen LogP contribution in [-0.4, -0.2) is 18.3 Å². The molecule has 0 unspecified atom stereocenters. The van der Waals surface area contributed by atoms with Crippen LogP contribution in [0.25, 0.3) is 0 Å². The van der Waals surface area contributed by atoms with Crippen molar-refractivity contribution in [1.29, 1.82) is 0 Å². The Morgan fingerprint density at radius 3 is 2.61 bits per heavy atom. The van der Waals surface area contributed by atoms with E-state index in [1.807, 2.05) is 0 Å². The minimum Gasteiger partial charge on any atom is -0.481 e. The molecule has 0 radical (unpaired) electrons. The van der Waals surface area contributed by atoms with Crippen LogP contribution in [0.15, 0.2) is 36.4 Å². The first-order chi connectivity index (χ1) is 10.9. The highest BCUT2D eigenvalue weighted by molar-refractivity contribution is 5.94. The first-order valence-corrected chi connectivity index (χ1v) is 6.58. The van der Waals surface area contributed by atoms with Gasteiger partial charge in [-0.3, -0.25) is 9.59 Å². The van der Waals surface area contributed by atoms with Gasteiger partial charge in [0.15, 0.2) is 23.6 Å². The van der Waals surface area contributed by atoms with Crippen molar-refractivity contribution in [2.24, 2.45) is 0 Å². The minimum absolute atomic E-state index is 0.267. The lowest BCUT2D eigenvalue weighted by Gasteiger charge is -2.15. The molecule has 1 amide bonds. The highest BCUT2D eigenvalue weighted by Gasteiger charge is 2.19. The SMILES string of the molecule is C[C@H](Oc1cccc(C=O)c1)C(=O)Nc1ccc(F)c(F)c1F. The number of anilines is 1. The topological polar surface area (TPSA) is 55.4 Å². The summed E-state index contributed by atoms with van der Waals surface area (Å²) in [5, 5.41) is 2.11. The van der Waals surface area contributed by atoms with E-state index in [2.05, 4.69) is 5.32 Å². The number of carbonyl (C=O) groups is 2. The van der Waals surface area contributed by atoms with Gasteiger partial charge in [-0.25, -0.2) is 13.2 Å². The number of ether oxygens (including phenoxy) is 1. The van der Waals surface area contributed by atoms with E-state index in [9.17, 15) is 22.8 Å². The predicted molar refractivity (Wildman–Crippen MR) is 76.9 cm³/mol. The average Bonchev–Trinajstić information content (AvgIpc) is 2.55. The van der Waals surface area contributed by atoms with Crippen molar-refractivity contribution < 1.29 is 27.5 Å². The van der Waals surface area contributed by atoms with Crippen molar-refractivity contribution >= 4 is 17.9 Å². The molecule has 2 rings (SSSR count). The summed E-state index contributed by atoms with van der Waals surface area (Å²) in [5.74, 6) is -5.01. The molecule has 23 heavy (non-hydrogen) atoms. The van der Waals surface area contributed by atoms with Crippen LogP contribution in [0.4, 0.5) is 18.9 Å². The maximum Gasteiger partial charge on any atom is 0.265 e. The Morgan fingerprint density at radius 1 is 1.17 bits per heavy atom. The second-order valence-corrected chi connectivity index (χ2v) is 4.66. The molecule has 4 nitrogen and oxygen atoms in total. The summed E-state index contributed by atoms with van der Waals surface area (Å²) in [6, 6.07) is 7.70. The highest BCUT2D eigenvalue weighted by atomic mass is 19.2. The molecule has 0 aliphatic heterocycles. The first kappa shape index (κ1) is 16.5. The lowest BCUT2D eigenvalue weighted by atomic mass is 10.2. The normalized spacial score (nSPS) is 11.7. The highest BCUT2D eigenvalue weighted by Crippen LogP contribution is 2.20. The van der Waals surface area contributed by atoms with Gasteiger partial charge in [-0.1, -0.05) is 12.1 Å². The van der Waals surface area contributed by atoms with Crippen LogP contribution < -0.4 is 10.1 Å². The largest absolute Gasteiger partial charge is 0.481 e. The van der Waals surface area contributed by atoms with E-state index in [0.29, 0.717) is 17.9 Å². The molecule has 1 N–H and O–H groups in total. The number of nitrogens with one attached hydrogen (secondary N) is 1. The molecule has 0 heterocycles. The van der Waals surface area contributed by atoms with Crippen molar-refractivity contribution in [2.75, 3.05) is 5.32 Å². The Balaban J connectivity index is 2.08. The van der Waals surface area contributed by atoms with Gasteiger partial charge in [-0.15, -0.1) is 0 Å². The molecular weight excluding hydrogens is 311 g/mol. The van der Waals surface area contributed by atoms with Crippen molar-refractivity contribution in [1.82, 2.24) is 0 Å². The molecule has 1 atom stereocenters. The number of carbonyl (C=O) groups excluding carboxylic acids is 2. The zero-order valence-electron chi connectivity index (χ0n) is 12.0. The lowest BCUT2D eigenvalue weighted by molar-refractivity contribution is -0.122. The second kappa shape index (κ2) is 6.95. The number of rotatable bonds is 5. The molecule has 2 aromatic rings. The summed E-state index contributed by atoms with van der Waals surface area (Å²) >= 11 is 0. The Kier molecular flexibility index (Phi) is 5.00. The quantitative estimate of drug-likeness (QED) is 0.678. The summed E-state index contributed by atoms with van der Waals surface area (Å²) in [4.78, 5) is 22.6. The van der Waals surface area contributed by atoms with Crippen molar-refractivity contribution in [3.63, 3.8) is 0 Å². The Bertz CT molecular complexity index is 749. The molecule has 0 aliphatic carbocycles. The van der Waals surface area contributed by atoms with E-state index in [0.717, 1.165) is 6.07 Å². The van der Waals surface area contributed by atoms with Crippen molar-refractivity contribution in [3.05, 3.63) is 59.4 Å². The number of hydrogen-bond donors (Lipinski definition) is 1. The molecule has 0 saturated carbocycles. The summed E-state index contributed by atoms with van der Waals surface area (Å²) in [5.41, 5.74) is -0.132. The monoisotopic (exact) mass is 323 g/mol. The summed E-state index contributed by atoms with van der Waals surface area (Å²) in [6.07, 6.45) is -0.432. The van der Waals surface area contributed by atoms with Crippen LogP contribution in [0.2, 0.25) is 0 Å². The standard InChI is InChI=1S/C16H12F3NO3/c1-9(23-11-4-2-3-10(7-11)8-21)16(22)20-13-6-5-12(17)14(18)15(13)19/h2-9H,1H3,(H,20,22)/t9-/m0/s1. The third-order valence-electron chi connectivity index (χ3n) is 2.97. The Morgan fingerprint density at radius 2 is 1.91 bits per heavy atom. The van der Waals surface area contributed by atoms with Crippen LogP contribution in [0.5, 0.6) is 5.75 Å². The van der Waals surface area contributed by atoms with E-state index in [1.54, 1.807) is 12.1 Å². The molecular formula is C16H12F3NO3. The number of benzene rings is 2. The number of amides is 1. The van der Waals surface area contributed by atoms with Crippen molar-refractivity contribution in [2.45, 2.75) is 13.0 Å². The fraction of sp³-hybridized carbons (Fsp3) is 0.125. The molecule has 0 saturated heterocycles. The van der Waals surface area contributed by atoms with Crippen LogP contribution >= 0.6 is 0 Å². The average molecular weight is 323 g/mol.